The minimum Gasteiger partial charge on any atom is -0.244 e. The van der Waals surface area contributed by atoms with Crippen LogP contribution in [0.25, 0.3) is 0 Å². The van der Waals surface area contributed by atoms with Crippen LogP contribution in [0.2, 0.25) is 0 Å². The van der Waals surface area contributed by atoms with Crippen LogP contribution in [0.3, 0.4) is 0 Å². The Balaban J connectivity index is 3.89. The molecule has 0 radical (unpaired) electrons. The van der Waals surface area contributed by atoms with E-state index in [-0.39, 0.29) is 5.41 Å². The van der Waals surface area contributed by atoms with E-state index < -0.39 is 5.67 Å². The molecule has 62 valence electrons. The standard InChI is InChI=1S/C8H16BrF/c1-7(2,6-9)5-8(3,4)10/h5-6H2,1-4H3. The van der Waals surface area contributed by atoms with Gasteiger partial charge < -0.3 is 0 Å². The van der Waals surface area contributed by atoms with Crippen molar-refractivity contribution in [1.29, 1.82) is 0 Å². The van der Waals surface area contributed by atoms with Crippen molar-refractivity contribution >= 4 is 15.9 Å². The summed E-state index contributed by atoms with van der Waals surface area (Å²) in [5, 5.41) is 0.855. The molecule has 0 unspecified atom stereocenters. The van der Waals surface area contributed by atoms with Gasteiger partial charge in [-0.1, -0.05) is 29.8 Å². The molecule has 0 rings (SSSR count). The second kappa shape index (κ2) is 3.21. The van der Waals surface area contributed by atoms with Gasteiger partial charge >= 0.3 is 0 Å². The zero-order chi connectivity index (χ0) is 8.41. The van der Waals surface area contributed by atoms with Crippen molar-refractivity contribution in [2.24, 2.45) is 5.41 Å². The molecule has 0 saturated heterocycles. The quantitative estimate of drug-likeness (QED) is 0.626. The monoisotopic (exact) mass is 210 g/mol. The first-order chi connectivity index (χ1) is 4.27. The fourth-order valence-corrected chi connectivity index (χ4v) is 1.38. The van der Waals surface area contributed by atoms with E-state index in [2.05, 4.69) is 29.8 Å². The summed E-state index contributed by atoms with van der Waals surface area (Å²) in [6.45, 7) is 7.36. The third kappa shape index (κ3) is 5.21. The maximum Gasteiger partial charge on any atom is 0.106 e. The molecular formula is C8H16BrF. The Hall–Kier alpha value is 0.410. The average Bonchev–Trinajstić information content (AvgIpc) is 1.60. The highest BCUT2D eigenvalue weighted by atomic mass is 79.9. The molecule has 0 bridgehead atoms. The van der Waals surface area contributed by atoms with Gasteiger partial charge in [0.15, 0.2) is 0 Å². The van der Waals surface area contributed by atoms with E-state index in [1.54, 1.807) is 13.8 Å². The molecule has 0 saturated carbocycles. The van der Waals surface area contributed by atoms with E-state index in [4.69, 9.17) is 0 Å². The number of alkyl halides is 2. The lowest BCUT2D eigenvalue weighted by atomic mass is 9.85. The number of rotatable bonds is 3. The lowest BCUT2D eigenvalue weighted by Gasteiger charge is -2.27. The van der Waals surface area contributed by atoms with Gasteiger partial charge in [-0.15, -0.1) is 0 Å². The Labute approximate surface area is 71.3 Å². The summed E-state index contributed by atoms with van der Waals surface area (Å²) in [7, 11) is 0. The maximum absolute atomic E-state index is 13.1. The summed E-state index contributed by atoms with van der Waals surface area (Å²) < 4.78 is 13.1. The Morgan fingerprint density at radius 2 is 1.60 bits per heavy atom. The molecule has 0 aliphatic carbocycles. The Bertz CT molecular complexity index is 102. The van der Waals surface area contributed by atoms with Crippen molar-refractivity contribution in [2.45, 2.75) is 39.8 Å². The van der Waals surface area contributed by atoms with Gasteiger partial charge in [0.25, 0.3) is 0 Å². The van der Waals surface area contributed by atoms with Gasteiger partial charge in [0, 0.05) is 5.33 Å². The largest absolute Gasteiger partial charge is 0.244 e. The van der Waals surface area contributed by atoms with Gasteiger partial charge in [0.2, 0.25) is 0 Å². The summed E-state index contributed by atoms with van der Waals surface area (Å²) >= 11 is 3.36. The van der Waals surface area contributed by atoms with Crippen LogP contribution in [0.1, 0.15) is 34.1 Å². The molecule has 0 aliphatic rings. The molecule has 0 fully saturated rings. The second-order valence-electron chi connectivity index (χ2n) is 4.19. The first kappa shape index (κ1) is 10.4. The number of hydrogen-bond acceptors (Lipinski definition) is 0. The van der Waals surface area contributed by atoms with Crippen LogP contribution in [0, 0.1) is 5.41 Å². The summed E-state index contributed by atoms with van der Waals surface area (Å²) in [5.74, 6) is 0. The molecule has 0 aromatic carbocycles. The number of halogens is 2. The second-order valence-corrected chi connectivity index (χ2v) is 4.75. The van der Waals surface area contributed by atoms with E-state index in [0.29, 0.717) is 6.42 Å². The lowest BCUT2D eigenvalue weighted by Crippen LogP contribution is -2.25. The highest BCUT2D eigenvalue weighted by molar-refractivity contribution is 9.09. The van der Waals surface area contributed by atoms with Crippen molar-refractivity contribution < 1.29 is 4.39 Å². The molecule has 0 aromatic heterocycles. The topological polar surface area (TPSA) is 0 Å². The van der Waals surface area contributed by atoms with Crippen molar-refractivity contribution in [2.75, 3.05) is 5.33 Å². The van der Waals surface area contributed by atoms with Crippen LogP contribution >= 0.6 is 15.9 Å². The third-order valence-electron chi connectivity index (χ3n) is 1.26. The SMILES string of the molecule is CC(C)(F)CC(C)(C)CBr. The Kier molecular flexibility index (Phi) is 3.34. The summed E-state index contributed by atoms with van der Waals surface area (Å²) in [4.78, 5) is 0. The minimum absolute atomic E-state index is 0.0677. The predicted molar refractivity (Wildman–Crippen MR) is 47.4 cm³/mol. The van der Waals surface area contributed by atoms with Crippen LogP contribution in [-0.2, 0) is 0 Å². The van der Waals surface area contributed by atoms with Crippen LogP contribution in [-0.4, -0.2) is 11.0 Å². The molecule has 0 aromatic rings. The zero-order valence-electron chi connectivity index (χ0n) is 7.17. The van der Waals surface area contributed by atoms with Crippen molar-refractivity contribution in [1.82, 2.24) is 0 Å². The van der Waals surface area contributed by atoms with E-state index in [9.17, 15) is 4.39 Å². The molecular weight excluding hydrogens is 195 g/mol. The van der Waals surface area contributed by atoms with Gasteiger partial charge in [-0.05, 0) is 25.7 Å². The highest BCUT2D eigenvalue weighted by Gasteiger charge is 2.27. The Morgan fingerprint density at radius 1 is 1.20 bits per heavy atom. The first-order valence-electron chi connectivity index (χ1n) is 3.52. The van der Waals surface area contributed by atoms with Crippen molar-refractivity contribution in [3.63, 3.8) is 0 Å². The van der Waals surface area contributed by atoms with Gasteiger partial charge in [-0.3, -0.25) is 0 Å². The molecule has 0 heterocycles. The van der Waals surface area contributed by atoms with E-state index in [1.165, 1.54) is 0 Å². The van der Waals surface area contributed by atoms with Gasteiger partial charge in [0.05, 0.1) is 0 Å². The van der Waals surface area contributed by atoms with Crippen LogP contribution in [0.15, 0.2) is 0 Å². The fraction of sp³-hybridized carbons (Fsp3) is 1.00. The van der Waals surface area contributed by atoms with Gasteiger partial charge in [0.1, 0.15) is 5.67 Å². The van der Waals surface area contributed by atoms with E-state index >= 15 is 0 Å². The smallest absolute Gasteiger partial charge is 0.106 e. The fourth-order valence-electron chi connectivity index (χ4n) is 1.19. The molecule has 10 heavy (non-hydrogen) atoms. The summed E-state index contributed by atoms with van der Waals surface area (Å²) in [5.41, 5.74) is -0.977. The third-order valence-corrected chi connectivity index (χ3v) is 2.78. The molecule has 0 amide bonds. The number of hydrogen-bond donors (Lipinski definition) is 0. The molecule has 2 heteroatoms. The van der Waals surface area contributed by atoms with Crippen LogP contribution in [0.5, 0.6) is 0 Å². The maximum atomic E-state index is 13.1. The van der Waals surface area contributed by atoms with Gasteiger partial charge in [-0.2, -0.15) is 0 Å². The molecule has 0 atom stereocenters. The summed E-state index contributed by atoms with van der Waals surface area (Å²) in [6.07, 6.45) is 0.602. The zero-order valence-corrected chi connectivity index (χ0v) is 8.76. The van der Waals surface area contributed by atoms with Crippen LogP contribution < -0.4 is 0 Å². The lowest BCUT2D eigenvalue weighted by molar-refractivity contribution is 0.142. The molecule has 0 nitrogen and oxygen atoms in total. The molecule has 0 N–H and O–H groups in total. The van der Waals surface area contributed by atoms with E-state index in [0.717, 1.165) is 5.33 Å². The predicted octanol–water partition coefficient (Wildman–Crippen LogP) is 3.55. The normalized spacial score (nSPS) is 13.8. The first-order valence-corrected chi connectivity index (χ1v) is 4.64. The van der Waals surface area contributed by atoms with Crippen LogP contribution in [0.4, 0.5) is 4.39 Å². The molecule has 0 spiro atoms. The minimum atomic E-state index is -1.04. The molecule has 0 aliphatic heterocycles. The Morgan fingerprint density at radius 3 is 1.70 bits per heavy atom. The van der Waals surface area contributed by atoms with E-state index in [1.807, 2.05) is 0 Å². The van der Waals surface area contributed by atoms with Gasteiger partial charge in [-0.25, -0.2) is 4.39 Å². The van der Waals surface area contributed by atoms with Crippen molar-refractivity contribution in [3.8, 4) is 0 Å². The average molecular weight is 211 g/mol. The van der Waals surface area contributed by atoms with Crippen molar-refractivity contribution in [3.05, 3.63) is 0 Å². The highest BCUT2D eigenvalue weighted by Crippen LogP contribution is 2.31. The summed E-state index contributed by atoms with van der Waals surface area (Å²) in [6, 6.07) is 0.